The number of carbonyl (C=O) groups is 2. The highest BCUT2D eigenvalue weighted by atomic mass is 16.5. The fourth-order valence-corrected chi connectivity index (χ4v) is 1.63. The van der Waals surface area contributed by atoms with Gasteiger partial charge in [-0.05, 0) is 38.0 Å². The lowest BCUT2D eigenvalue weighted by atomic mass is 10.1. The van der Waals surface area contributed by atoms with E-state index in [9.17, 15) is 9.59 Å². The van der Waals surface area contributed by atoms with Crippen LogP contribution in [0.5, 0.6) is 5.75 Å². The highest BCUT2D eigenvalue weighted by molar-refractivity contribution is 6.35. The van der Waals surface area contributed by atoms with Crippen molar-refractivity contribution >= 4 is 11.8 Å². The van der Waals surface area contributed by atoms with Crippen molar-refractivity contribution < 1.29 is 14.3 Å². The molecule has 1 rings (SSSR count). The van der Waals surface area contributed by atoms with Crippen molar-refractivity contribution in [1.82, 2.24) is 10.6 Å². The molecule has 5 heteroatoms. The maximum atomic E-state index is 11.8. The first-order valence-corrected chi connectivity index (χ1v) is 6.73. The fourth-order valence-electron chi connectivity index (χ4n) is 1.63. The Morgan fingerprint density at radius 3 is 2.15 bits per heavy atom. The first kappa shape index (κ1) is 16.0. The lowest BCUT2D eigenvalue weighted by Crippen LogP contribution is -2.44. The van der Waals surface area contributed by atoms with Crippen LogP contribution in [0.15, 0.2) is 24.3 Å². The van der Waals surface area contributed by atoms with E-state index >= 15 is 0 Å². The number of methoxy groups -OCH3 is 1. The van der Waals surface area contributed by atoms with Gasteiger partial charge in [-0.3, -0.25) is 9.59 Å². The molecule has 0 aliphatic carbocycles. The average molecular weight is 278 g/mol. The van der Waals surface area contributed by atoms with Gasteiger partial charge in [0, 0.05) is 6.04 Å². The molecule has 2 N–H and O–H groups in total. The van der Waals surface area contributed by atoms with Gasteiger partial charge in [-0.1, -0.05) is 19.1 Å². The molecule has 0 bridgehead atoms. The molecule has 0 saturated heterocycles. The molecule has 0 aliphatic rings. The van der Waals surface area contributed by atoms with Gasteiger partial charge in [-0.25, -0.2) is 0 Å². The van der Waals surface area contributed by atoms with Crippen molar-refractivity contribution in [2.45, 2.75) is 39.3 Å². The number of ether oxygens (including phenoxy) is 1. The first-order chi connectivity index (χ1) is 9.47. The summed E-state index contributed by atoms with van der Waals surface area (Å²) in [6.07, 6.45) is 0.785. The second-order valence-electron chi connectivity index (χ2n) is 4.75. The molecule has 20 heavy (non-hydrogen) atoms. The predicted octanol–water partition coefficient (Wildman–Crippen LogP) is 1.79. The normalized spacial score (nSPS) is 13.2. The van der Waals surface area contributed by atoms with Crippen LogP contribution in [0.1, 0.15) is 38.8 Å². The Bertz CT molecular complexity index is 457. The second-order valence-corrected chi connectivity index (χ2v) is 4.75. The minimum absolute atomic E-state index is 0.00968. The van der Waals surface area contributed by atoms with Gasteiger partial charge in [0.2, 0.25) is 0 Å². The van der Waals surface area contributed by atoms with E-state index in [0.29, 0.717) is 0 Å². The molecule has 0 fully saturated rings. The molecule has 0 aromatic heterocycles. The summed E-state index contributed by atoms with van der Waals surface area (Å²) in [6, 6.07) is 7.10. The van der Waals surface area contributed by atoms with E-state index in [1.54, 1.807) is 7.11 Å². The van der Waals surface area contributed by atoms with Crippen molar-refractivity contribution in [3.63, 3.8) is 0 Å². The summed E-state index contributed by atoms with van der Waals surface area (Å²) in [7, 11) is 1.60. The van der Waals surface area contributed by atoms with Gasteiger partial charge in [-0.2, -0.15) is 0 Å². The smallest absolute Gasteiger partial charge is 0.309 e. The summed E-state index contributed by atoms with van der Waals surface area (Å²) >= 11 is 0. The van der Waals surface area contributed by atoms with E-state index in [1.165, 1.54) is 0 Å². The Morgan fingerprint density at radius 2 is 1.65 bits per heavy atom. The first-order valence-electron chi connectivity index (χ1n) is 6.73. The molecular formula is C15H22N2O3. The Balaban J connectivity index is 2.58. The Morgan fingerprint density at radius 1 is 1.10 bits per heavy atom. The molecule has 2 amide bonds. The summed E-state index contributed by atoms with van der Waals surface area (Å²) in [4.78, 5) is 23.4. The van der Waals surface area contributed by atoms with Crippen molar-refractivity contribution in [2.75, 3.05) is 7.11 Å². The third-order valence-corrected chi connectivity index (χ3v) is 3.16. The van der Waals surface area contributed by atoms with Crippen LogP contribution in [0.4, 0.5) is 0 Å². The van der Waals surface area contributed by atoms with E-state index in [4.69, 9.17) is 4.74 Å². The molecule has 0 saturated carbocycles. The van der Waals surface area contributed by atoms with Crippen LogP contribution in [0.3, 0.4) is 0 Å². The molecule has 2 atom stereocenters. The summed E-state index contributed by atoms with van der Waals surface area (Å²) in [5.74, 6) is -0.463. The highest BCUT2D eigenvalue weighted by Gasteiger charge is 2.18. The van der Waals surface area contributed by atoms with Gasteiger partial charge in [-0.15, -0.1) is 0 Å². The third kappa shape index (κ3) is 4.57. The van der Waals surface area contributed by atoms with Crippen molar-refractivity contribution in [3.05, 3.63) is 29.8 Å². The molecule has 110 valence electrons. The molecule has 0 heterocycles. The van der Waals surface area contributed by atoms with Crippen LogP contribution in [-0.2, 0) is 9.59 Å². The summed E-state index contributed by atoms with van der Waals surface area (Å²) < 4.78 is 5.07. The summed E-state index contributed by atoms with van der Waals surface area (Å²) in [6.45, 7) is 5.64. The standard InChI is InChI=1S/C15H22N2O3/c1-5-10(2)16-14(18)15(19)17-11(3)12-6-8-13(20-4)9-7-12/h6-11H,5H2,1-4H3,(H,16,18)(H,17,19)/t10-,11+/m0/s1. The topological polar surface area (TPSA) is 67.4 Å². The minimum Gasteiger partial charge on any atom is -0.497 e. The van der Waals surface area contributed by atoms with Gasteiger partial charge in [0.15, 0.2) is 0 Å². The maximum absolute atomic E-state index is 11.8. The molecule has 0 spiro atoms. The lowest BCUT2D eigenvalue weighted by molar-refractivity contribution is -0.140. The van der Waals surface area contributed by atoms with E-state index in [2.05, 4.69) is 10.6 Å². The number of amides is 2. The predicted molar refractivity (Wildman–Crippen MR) is 77.4 cm³/mol. The maximum Gasteiger partial charge on any atom is 0.309 e. The Hall–Kier alpha value is -2.04. The zero-order valence-corrected chi connectivity index (χ0v) is 12.4. The number of benzene rings is 1. The van der Waals surface area contributed by atoms with Crippen LogP contribution in [0.2, 0.25) is 0 Å². The average Bonchev–Trinajstić information content (AvgIpc) is 2.46. The van der Waals surface area contributed by atoms with Gasteiger partial charge < -0.3 is 15.4 Å². The minimum atomic E-state index is -0.617. The van der Waals surface area contributed by atoms with Crippen LogP contribution in [0, 0.1) is 0 Å². The zero-order valence-electron chi connectivity index (χ0n) is 12.4. The lowest BCUT2D eigenvalue weighted by Gasteiger charge is -2.16. The van der Waals surface area contributed by atoms with Gasteiger partial charge >= 0.3 is 11.8 Å². The molecule has 1 aromatic rings. The van der Waals surface area contributed by atoms with E-state index in [-0.39, 0.29) is 12.1 Å². The van der Waals surface area contributed by atoms with Gasteiger partial charge in [0.25, 0.3) is 0 Å². The molecule has 0 unspecified atom stereocenters. The van der Waals surface area contributed by atoms with Crippen LogP contribution in [0.25, 0.3) is 0 Å². The monoisotopic (exact) mass is 278 g/mol. The Kier molecular flexibility index (Phi) is 6.03. The van der Waals surface area contributed by atoms with Crippen LogP contribution in [-0.4, -0.2) is 25.0 Å². The zero-order chi connectivity index (χ0) is 15.1. The van der Waals surface area contributed by atoms with Crippen molar-refractivity contribution in [1.29, 1.82) is 0 Å². The highest BCUT2D eigenvalue weighted by Crippen LogP contribution is 2.17. The molecule has 0 aliphatic heterocycles. The second kappa shape index (κ2) is 7.53. The van der Waals surface area contributed by atoms with Crippen LogP contribution < -0.4 is 15.4 Å². The van der Waals surface area contributed by atoms with E-state index in [0.717, 1.165) is 17.7 Å². The van der Waals surface area contributed by atoms with Crippen molar-refractivity contribution in [2.24, 2.45) is 0 Å². The summed E-state index contributed by atoms with van der Waals surface area (Å²) in [5, 5.41) is 5.30. The number of hydrogen-bond acceptors (Lipinski definition) is 3. The SMILES string of the molecule is CC[C@H](C)NC(=O)C(=O)N[C@H](C)c1ccc(OC)cc1. The van der Waals surface area contributed by atoms with Gasteiger partial charge in [0.05, 0.1) is 13.2 Å². The number of nitrogens with one attached hydrogen (secondary N) is 2. The summed E-state index contributed by atoms with van der Waals surface area (Å²) in [5.41, 5.74) is 0.912. The molecule has 5 nitrogen and oxygen atoms in total. The third-order valence-electron chi connectivity index (χ3n) is 3.16. The van der Waals surface area contributed by atoms with Crippen molar-refractivity contribution in [3.8, 4) is 5.75 Å². The molecule has 0 radical (unpaired) electrons. The largest absolute Gasteiger partial charge is 0.497 e. The number of rotatable bonds is 5. The molecular weight excluding hydrogens is 256 g/mol. The number of hydrogen-bond donors (Lipinski definition) is 2. The quantitative estimate of drug-likeness (QED) is 0.807. The Labute approximate surface area is 119 Å². The molecule has 1 aromatic carbocycles. The van der Waals surface area contributed by atoms with Gasteiger partial charge in [0.1, 0.15) is 5.75 Å². The van der Waals surface area contributed by atoms with Crippen LogP contribution >= 0.6 is 0 Å². The number of carbonyl (C=O) groups excluding carboxylic acids is 2. The fraction of sp³-hybridized carbons (Fsp3) is 0.467. The van der Waals surface area contributed by atoms with E-state index < -0.39 is 11.8 Å². The van der Waals surface area contributed by atoms with E-state index in [1.807, 2.05) is 45.0 Å².